The third-order valence-corrected chi connectivity index (χ3v) is 1.19. The molecular weight excluding hydrogens is 280 g/mol. The van der Waals surface area contributed by atoms with E-state index in [-0.39, 0.29) is 29.0 Å². The van der Waals surface area contributed by atoms with Crippen LogP contribution in [-0.4, -0.2) is 12.6 Å². The summed E-state index contributed by atoms with van der Waals surface area (Å²) in [6.07, 6.45) is 5.13. The molecular formula is C12H14FeO5. The first-order valence-electron chi connectivity index (χ1n) is 4.29. The van der Waals surface area contributed by atoms with Crippen LogP contribution in [0.3, 0.4) is 0 Å². The van der Waals surface area contributed by atoms with Gasteiger partial charge in [0.15, 0.2) is 0 Å². The quantitative estimate of drug-likeness (QED) is 0.333. The summed E-state index contributed by atoms with van der Waals surface area (Å²) in [6, 6.07) is 0. The number of hydrogen-bond donors (Lipinski definition) is 0. The fourth-order valence-electron chi connectivity index (χ4n) is 0.598. The molecule has 0 unspecified atom stereocenters. The molecule has 6 heteroatoms. The van der Waals surface area contributed by atoms with Gasteiger partial charge in [-0.25, -0.2) is 0 Å². The molecule has 100 valence electrons. The number of rotatable bonds is 5. The molecule has 0 fully saturated rings. The van der Waals surface area contributed by atoms with Crippen molar-refractivity contribution in [1.82, 2.24) is 0 Å². The number of hydrogen-bond acceptors (Lipinski definition) is 2. The van der Waals surface area contributed by atoms with E-state index in [2.05, 4.69) is 26.9 Å². The fraction of sp³-hybridized carbons (Fsp3) is 0.333. The molecule has 0 aliphatic carbocycles. The van der Waals surface area contributed by atoms with Crippen molar-refractivity contribution in [2.75, 3.05) is 6.61 Å². The van der Waals surface area contributed by atoms with Gasteiger partial charge in [0.25, 0.3) is 0 Å². The Kier molecular flexibility index (Phi) is 60.6. The third kappa shape index (κ3) is 29.5. The molecule has 0 amide bonds. The van der Waals surface area contributed by atoms with Gasteiger partial charge >= 0.3 is 39.9 Å². The molecule has 0 aromatic carbocycles. The number of carbonyl (C=O) groups excluding carboxylic acids is 1. The van der Waals surface area contributed by atoms with Crippen molar-refractivity contribution in [3.8, 4) is 0 Å². The maximum absolute atomic E-state index is 10.9. The molecule has 5 nitrogen and oxygen atoms in total. The second kappa shape index (κ2) is 36.0. The Hall–Kier alpha value is -0.791. The van der Waals surface area contributed by atoms with Crippen LogP contribution >= 0.6 is 0 Å². The van der Waals surface area contributed by atoms with E-state index < -0.39 is 0 Å². The van der Waals surface area contributed by atoms with Crippen LogP contribution in [0.15, 0.2) is 0 Å². The summed E-state index contributed by atoms with van der Waals surface area (Å²) < 4.78 is 27.3. The third-order valence-electron chi connectivity index (χ3n) is 1.19. The van der Waals surface area contributed by atoms with Crippen LogP contribution in [0.4, 0.5) is 0 Å². The second-order valence-electron chi connectivity index (χ2n) is 2.16. The smallest absolute Gasteiger partial charge is 0.308 e. The SMILES string of the molecule is [C-]#[O+].[C-]#[O+].[C-]#[O+].[CH2][CH][CH][CH][C@H](C)C(=O)OCC.[Fe]. The van der Waals surface area contributed by atoms with Crippen LogP contribution in [0.2, 0.25) is 0 Å². The number of ether oxygens (including phenoxy) is 1. The number of carbonyl (C=O) groups is 1. The van der Waals surface area contributed by atoms with Crippen LogP contribution in [-0.2, 0) is 40.6 Å². The number of unbranched alkanes of at least 4 members (excludes halogenated alkanes) is 1. The van der Waals surface area contributed by atoms with Gasteiger partial charge in [-0.3, -0.25) is 4.79 Å². The van der Waals surface area contributed by atoms with Crippen molar-refractivity contribution in [3.05, 3.63) is 46.1 Å². The average Bonchev–Trinajstić information content (AvgIpc) is 2.43. The summed E-state index contributed by atoms with van der Waals surface area (Å²) in [5.41, 5.74) is 0. The molecule has 0 aromatic rings. The Morgan fingerprint density at radius 2 is 1.67 bits per heavy atom. The Morgan fingerprint density at radius 3 is 1.94 bits per heavy atom. The molecule has 4 radical (unpaired) electrons. The van der Waals surface area contributed by atoms with Gasteiger partial charge in [-0.15, -0.1) is 0 Å². The predicted molar refractivity (Wildman–Crippen MR) is 55.8 cm³/mol. The first kappa shape index (κ1) is 30.3. The van der Waals surface area contributed by atoms with Crippen LogP contribution < -0.4 is 0 Å². The molecule has 0 aliphatic heterocycles. The van der Waals surface area contributed by atoms with E-state index in [0.717, 1.165) is 0 Å². The Labute approximate surface area is 119 Å². The predicted octanol–water partition coefficient (Wildman–Crippen LogP) is 1.52. The van der Waals surface area contributed by atoms with Gasteiger partial charge in [0, 0.05) is 17.1 Å². The monoisotopic (exact) mass is 294 g/mol. The zero-order valence-electron chi connectivity index (χ0n) is 10.1. The largest absolute Gasteiger partial charge is 0.466 e. The van der Waals surface area contributed by atoms with Gasteiger partial charge in [-0.05, 0) is 33.1 Å². The van der Waals surface area contributed by atoms with Gasteiger partial charge in [0.1, 0.15) is 0 Å². The van der Waals surface area contributed by atoms with Crippen LogP contribution in [0.5, 0.6) is 0 Å². The maximum atomic E-state index is 10.9. The van der Waals surface area contributed by atoms with Crippen molar-refractivity contribution in [1.29, 1.82) is 0 Å². The van der Waals surface area contributed by atoms with Gasteiger partial charge in [0.05, 0.1) is 12.5 Å². The second-order valence-corrected chi connectivity index (χ2v) is 2.16. The van der Waals surface area contributed by atoms with Crippen molar-refractivity contribution in [2.45, 2.75) is 13.8 Å². The van der Waals surface area contributed by atoms with E-state index >= 15 is 0 Å². The first-order valence-corrected chi connectivity index (χ1v) is 4.29. The summed E-state index contributed by atoms with van der Waals surface area (Å²) >= 11 is 0. The Morgan fingerprint density at radius 1 is 1.28 bits per heavy atom. The molecule has 18 heavy (non-hydrogen) atoms. The van der Waals surface area contributed by atoms with E-state index in [4.69, 9.17) is 18.7 Å². The number of esters is 1. The van der Waals surface area contributed by atoms with Crippen molar-refractivity contribution in [2.24, 2.45) is 5.92 Å². The van der Waals surface area contributed by atoms with E-state index in [0.29, 0.717) is 6.61 Å². The van der Waals surface area contributed by atoms with Gasteiger partial charge < -0.3 is 4.74 Å². The van der Waals surface area contributed by atoms with E-state index in [1.807, 2.05) is 0 Å². The summed E-state index contributed by atoms with van der Waals surface area (Å²) in [5, 5.41) is 0. The summed E-state index contributed by atoms with van der Waals surface area (Å²) in [4.78, 5) is 10.9. The van der Waals surface area contributed by atoms with E-state index in [1.165, 1.54) is 0 Å². The molecule has 0 rings (SSSR count). The zero-order valence-corrected chi connectivity index (χ0v) is 11.2. The van der Waals surface area contributed by atoms with E-state index in [9.17, 15) is 4.79 Å². The van der Waals surface area contributed by atoms with Crippen molar-refractivity contribution in [3.63, 3.8) is 0 Å². The standard InChI is InChI=1S/C9H14O2.3CO.Fe/c1-4-6-7-8(3)9(10)11-5-2;3*1-2;/h4,6-8H,1,5H2,2-3H3;;;;/t8-;;;;/m0..../s1. The molecule has 1 atom stereocenters. The average molecular weight is 294 g/mol. The van der Waals surface area contributed by atoms with Crippen LogP contribution in [0.25, 0.3) is 0 Å². The van der Waals surface area contributed by atoms with Crippen molar-refractivity contribution >= 4 is 5.97 Å². The fourth-order valence-corrected chi connectivity index (χ4v) is 0.598. The molecule has 0 saturated carbocycles. The topological polar surface area (TPSA) is 86.0 Å². The minimum atomic E-state index is -0.189. The minimum Gasteiger partial charge on any atom is -0.466 e. The Balaban J connectivity index is -0.0000000700. The summed E-state index contributed by atoms with van der Waals surface area (Å²) in [6.45, 7) is 21.0. The normalized spacial score (nSPS) is 8.06. The molecule has 0 heterocycles. The van der Waals surface area contributed by atoms with Crippen LogP contribution in [0, 0.1) is 52.1 Å². The minimum absolute atomic E-state index is 0. The molecule has 0 aliphatic rings. The zero-order chi connectivity index (χ0) is 14.7. The molecule has 0 aromatic heterocycles. The Bertz CT molecular complexity index is 196. The van der Waals surface area contributed by atoms with Gasteiger partial charge in [-0.2, -0.15) is 0 Å². The molecule has 0 bridgehead atoms. The van der Waals surface area contributed by atoms with Crippen molar-refractivity contribution < 1.29 is 40.6 Å². The molecule has 0 saturated heterocycles. The van der Waals surface area contributed by atoms with Gasteiger partial charge in [0.2, 0.25) is 0 Å². The first-order chi connectivity index (χ1) is 8.22. The molecule has 0 spiro atoms. The summed E-state index contributed by atoms with van der Waals surface area (Å²) in [7, 11) is 0. The van der Waals surface area contributed by atoms with E-state index in [1.54, 1.807) is 33.1 Å². The molecule has 0 N–H and O–H groups in total. The van der Waals surface area contributed by atoms with Crippen LogP contribution in [0.1, 0.15) is 13.8 Å². The summed E-state index contributed by atoms with van der Waals surface area (Å²) in [5.74, 6) is -0.362. The van der Waals surface area contributed by atoms with Gasteiger partial charge in [-0.1, -0.05) is 6.92 Å². The maximum Gasteiger partial charge on any atom is 0.308 e.